The van der Waals surface area contributed by atoms with E-state index in [4.69, 9.17) is 10.5 Å². The monoisotopic (exact) mass is 476 g/mol. The van der Waals surface area contributed by atoms with E-state index in [1.165, 1.54) is 9.80 Å². The minimum Gasteiger partial charge on any atom is -0.493 e. The molecule has 1 aromatic carbocycles. The summed E-state index contributed by atoms with van der Waals surface area (Å²) in [5.41, 5.74) is 6.87. The fourth-order valence-corrected chi connectivity index (χ4v) is 4.88. The van der Waals surface area contributed by atoms with Gasteiger partial charge < -0.3 is 20.7 Å². The number of alkyl halides is 3. The van der Waals surface area contributed by atoms with Crippen molar-refractivity contribution in [2.45, 2.75) is 56.0 Å². The van der Waals surface area contributed by atoms with Crippen molar-refractivity contribution in [3.63, 3.8) is 0 Å². The topological polar surface area (TPSA) is 87.9 Å². The summed E-state index contributed by atoms with van der Waals surface area (Å²) in [5.74, 6) is 0.0249. The minimum absolute atomic E-state index is 0. The normalized spacial score (nSPS) is 28.5. The van der Waals surface area contributed by atoms with Crippen molar-refractivity contribution in [3.05, 3.63) is 29.8 Å². The minimum atomic E-state index is -4.35. The molecule has 2 saturated heterocycles. The number of ether oxygens (including phenoxy) is 1. The fraction of sp³-hybridized carbons (Fsp3) is 0.619. The van der Waals surface area contributed by atoms with Crippen molar-refractivity contribution in [2.75, 3.05) is 26.2 Å². The van der Waals surface area contributed by atoms with E-state index in [-0.39, 0.29) is 43.5 Å². The largest absolute Gasteiger partial charge is 0.493 e. The summed E-state index contributed by atoms with van der Waals surface area (Å²) in [5, 5.41) is 3.05. The van der Waals surface area contributed by atoms with Crippen molar-refractivity contribution in [1.82, 2.24) is 15.1 Å². The number of hydrogen-bond acceptors (Lipinski definition) is 5. The Morgan fingerprint density at radius 2 is 1.94 bits per heavy atom. The van der Waals surface area contributed by atoms with Gasteiger partial charge in [0.1, 0.15) is 11.8 Å². The van der Waals surface area contributed by atoms with E-state index >= 15 is 0 Å². The second-order valence-corrected chi connectivity index (χ2v) is 8.47. The molecule has 3 heterocycles. The molecule has 32 heavy (non-hydrogen) atoms. The number of carbonyl (C=O) groups is 2. The Morgan fingerprint density at radius 3 is 2.69 bits per heavy atom. The average molecular weight is 477 g/mol. The lowest BCUT2D eigenvalue weighted by Gasteiger charge is -2.38. The SMILES string of the molecule is Cl.N[C@H]1CN(CC(F)(F)F)CC[C@H]2CC[C@@H](C(=O)N[C@@H]3CCOc4ccccc43)N2C1=O. The van der Waals surface area contributed by atoms with Crippen molar-refractivity contribution in [1.29, 1.82) is 0 Å². The standard InChI is InChI=1S/C21H27F3N4O3.ClH/c22-21(23,24)12-27-9-7-13-5-6-17(28(13)20(30)15(25)11-27)19(29)26-16-8-10-31-18-4-2-1-3-14(16)18;/h1-4,13,15-17H,5-12,25H2,(H,26,29);1H/t13-,15+,16-,17+;/m1./s1. The van der Waals surface area contributed by atoms with Crippen LogP contribution in [0.1, 0.15) is 37.3 Å². The lowest BCUT2D eigenvalue weighted by molar-refractivity contribution is -0.153. The molecule has 11 heteroatoms. The van der Waals surface area contributed by atoms with Crippen LogP contribution in [0.25, 0.3) is 0 Å². The summed E-state index contributed by atoms with van der Waals surface area (Å²) >= 11 is 0. The predicted octanol–water partition coefficient (Wildman–Crippen LogP) is 2.00. The van der Waals surface area contributed by atoms with Crippen molar-refractivity contribution in [2.24, 2.45) is 5.73 Å². The van der Waals surface area contributed by atoms with Gasteiger partial charge in [-0.3, -0.25) is 14.5 Å². The number of nitrogens with two attached hydrogens (primary N) is 1. The Bertz CT molecular complexity index is 841. The molecule has 2 amide bonds. The van der Waals surface area contributed by atoms with E-state index in [1.54, 1.807) is 0 Å². The lowest BCUT2D eigenvalue weighted by atomic mass is 10.00. The quantitative estimate of drug-likeness (QED) is 0.696. The third-order valence-corrected chi connectivity index (χ3v) is 6.29. The molecule has 3 aliphatic heterocycles. The molecule has 4 rings (SSSR count). The molecule has 1 aromatic rings. The number of nitrogens with one attached hydrogen (secondary N) is 1. The maximum absolute atomic E-state index is 13.1. The first-order chi connectivity index (χ1) is 14.7. The molecule has 4 atom stereocenters. The van der Waals surface area contributed by atoms with Crippen molar-refractivity contribution >= 4 is 24.2 Å². The van der Waals surface area contributed by atoms with Gasteiger partial charge in [-0.15, -0.1) is 12.4 Å². The number of carbonyl (C=O) groups excluding carboxylic acids is 2. The maximum atomic E-state index is 13.1. The summed E-state index contributed by atoms with van der Waals surface area (Å²) < 4.78 is 44.1. The van der Waals surface area contributed by atoms with E-state index in [0.717, 1.165) is 11.3 Å². The van der Waals surface area contributed by atoms with Gasteiger partial charge in [-0.05, 0) is 25.3 Å². The molecule has 0 unspecified atom stereocenters. The Kier molecular flexibility index (Phi) is 7.57. The van der Waals surface area contributed by atoms with Crippen LogP contribution in [-0.2, 0) is 9.59 Å². The fourth-order valence-electron chi connectivity index (χ4n) is 4.88. The van der Waals surface area contributed by atoms with Gasteiger partial charge in [-0.2, -0.15) is 13.2 Å². The van der Waals surface area contributed by atoms with Gasteiger partial charge in [0.05, 0.1) is 25.2 Å². The number of benzene rings is 1. The lowest BCUT2D eigenvalue weighted by Crippen LogP contribution is -2.59. The highest BCUT2D eigenvalue weighted by Crippen LogP contribution is 2.34. The Morgan fingerprint density at radius 1 is 1.19 bits per heavy atom. The first kappa shape index (κ1) is 24.6. The van der Waals surface area contributed by atoms with Crippen LogP contribution in [0, 0.1) is 0 Å². The average Bonchev–Trinajstić information content (AvgIpc) is 3.13. The first-order valence-corrected chi connectivity index (χ1v) is 10.6. The molecule has 2 fully saturated rings. The Hall–Kier alpha value is -2.04. The van der Waals surface area contributed by atoms with Crippen LogP contribution < -0.4 is 15.8 Å². The van der Waals surface area contributed by atoms with Crippen LogP contribution >= 0.6 is 12.4 Å². The molecule has 0 radical (unpaired) electrons. The molecule has 3 N–H and O–H groups in total. The maximum Gasteiger partial charge on any atom is 0.401 e. The highest BCUT2D eigenvalue weighted by molar-refractivity contribution is 5.91. The Labute approximate surface area is 190 Å². The zero-order chi connectivity index (χ0) is 22.2. The van der Waals surface area contributed by atoms with Crippen LogP contribution in [0.4, 0.5) is 13.2 Å². The van der Waals surface area contributed by atoms with E-state index < -0.39 is 30.7 Å². The van der Waals surface area contributed by atoms with Gasteiger partial charge in [0.15, 0.2) is 0 Å². The van der Waals surface area contributed by atoms with E-state index in [2.05, 4.69) is 5.32 Å². The van der Waals surface area contributed by atoms with Crippen LogP contribution in [-0.4, -0.2) is 72.2 Å². The van der Waals surface area contributed by atoms with E-state index in [9.17, 15) is 22.8 Å². The van der Waals surface area contributed by atoms with Gasteiger partial charge >= 0.3 is 6.18 Å². The first-order valence-electron chi connectivity index (χ1n) is 10.6. The van der Waals surface area contributed by atoms with Gasteiger partial charge in [-0.1, -0.05) is 18.2 Å². The molecule has 0 spiro atoms. The smallest absolute Gasteiger partial charge is 0.401 e. The van der Waals surface area contributed by atoms with Crippen LogP contribution in [0.3, 0.4) is 0 Å². The summed E-state index contributed by atoms with van der Waals surface area (Å²) in [6.07, 6.45) is -2.29. The Balaban J connectivity index is 0.00000289. The van der Waals surface area contributed by atoms with E-state index in [1.807, 2.05) is 24.3 Å². The molecule has 178 valence electrons. The second-order valence-electron chi connectivity index (χ2n) is 8.47. The number of hydrogen-bond donors (Lipinski definition) is 2. The zero-order valence-electron chi connectivity index (χ0n) is 17.5. The summed E-state index contributed by atoms with van der Waals surface area (Å²) in [4.78, 5) is 28.8. The van der Waals surface area contributed by atoms with Crippen molar-refractivity contribution < 1.29 is 27.5 Å². The molecular weight excluding hydrogens is 449 g/mol. The number of nitrogens with zero attached hydrogens (tertiary/aromatic N) is 2. The number of para-hydroxylation sites is 1. The summed E-state index contributed by atoms with van der Waals surface area (Å²) in [6, 6.07) is 5.26. The summed E-state index contributed by atoms with van der Waals surface area (Å²) in [7, 11) is 0. The highest BCUT2D eigenvalue weighted by Gasteiger charge is 2.45. The van der Waals surface area contributed by atoms with Crippen LogP contribution in [0.2, 0.25) is 0 Å². The van der Waals surface area contributed by atoms with Crippen LogP contribution in [0.15, 0.2) is 24.3 Å². The third kappa shape index (κ3) is 5.29. The van der Waals surface area contributed by atoms with Gasteiger partial charge in [-0.25, -0.2) is 0 Å². The van der Waals surface area contributed by atoms with Crippen LogP contribution in [0.5, 0.6) is 5.75 Å². The number of rotatable bonds is 3. The molecule has 0 aromatic heterocycles. The molecule has 7 nitrogen and oxygen atoms in total. The van der Waals surface area contributed by atoms with Gasteiger partial charge in [0, 0.05) is 31.1 Å². The van der Waals surface area contributed by atoms with E-state index in [0.29, 0.717) is 32.3 Å². The molecule has 0 bridgehead atoms. The highest BCUT2D eigenvalue weighted by atomic mass is 35.5. The predicted molar refractivity (Wildman–Crippen MR) is 113 cm³/mol. The molecule has 3 aliphatic rings. The zero-order valence-corrected chi connectivity index (χ0v) is 18.3. The number of fused-ring (bicyclic) bond motifs is 2. The molecule has 0 saturated carbocycles. The second kappa shape index (κ2) is 9.84. The van der Waals surface area contributed by atoms with Gasteiger partial charge in [0.2, 0.25) is 11.8 Å². The van der Waals surface area contributed by atoms with Gasteiger partial charge in [0.25, 0.3) is 0 Å². The molecular formula is C21H28ClF3N4O3. The summed E-state index contributed by atoms with van der Waals surface area (Å²) in [6.45, 7) is -0.599. The molecule has 0 aliphatic carbocycles. The third-order valence-electron chi connectivity index (χ3n) is 6.29. The number of halogens is 4. The number of amides is 2. The van der Waals surface area contributed by atoms with Crippen molar-refractivity contribution in [3.8, 4) is 5.75 Å².